The van der Waals surface area contributed by atoms with Gasteiger partial charge >= 0.3 is 0 Å². The molecule has 2 fully saturated rings. The number of rotatable bonds is 4. The molecule has 0 bridgehead atoms. The van der Waals surface area contributed by atoms with Crippen LogP contribution < -0.4 is 14.4 Å². The molecule has 0 radical (unpaired) electrons. The number of amides is 1. The van der Waals surface area contributed by atoms with Gasteiger partial charge in [-0.05, 0) is 18.2 Å². The van der Waals surface area contributed by atoms with Crippen LogP contribution in [0.4, 0.5) is 5.13 Å². The number of carbonyl (C=O) groups excluding carboxylic acids is 1. The molecule has 26 heavy (non-hydrogen) atoms. The Hall–Kier alpha value is -2.13. The van der Waals surface area contributed by atoms with Crippen LogP contribution >= 0.6 is 11.3 Å². The normalized spacial score (nSPS) is 23.9. The number of anilines is 1. The van der Waals surface area contributed by atoms with Gasteiger partial charge in [-0.15, -0.1) is 11.3 Å². The number of nitrogens with zero attached hydrogens (tertiary/aromatic N) is 2. The highest BCUT2D eigenvalue weighted by Gasteiger charge is 2.50. The van der Waals surface area contributed by atoms with E-state index in [0.29, 0.717) is 22.3 Å². The molecule has 2 aromatic rings. The van der Waals surface area contributed by atoms with E-state index in [2.05, 4.69) is 4.98 Å². The molecule has 2 saturated heterocycles. The first kappa shape index (κ1) is 17.3. The number of fused-ring (bicyclic) bond motifs is 1. The van der Waals surface area contributed by atoms with Crippen molar-refractivity contribution in [3.8, 4) is 22.8 Å². The van der Waals surface area contributed by atoms with E-state index in [1.165, 1.54) is 11.3 Å². The number of ether oxygens (including phenoxy) is 2. The van der Waals surface area contributed by atoms with Gasteiger partial charge in [-0.25, -0.2) is 13.4 Å². The first-order valence-electron chi connectivity index (χ1n) is 8.12. The average Bonchev–Trinajstić information content (AvgIpc) is 3.26. The van der Waals surface area contributed by atoms with Crippen molar-refractivity contribution in [1.82, 2.24) is 4.98 Å². The summed E-state index contributed by atoms with van der Waals surface area (Å²) in [7, 11) is 0.0764. The summed E-state index contributed by atoms with van der Waals surface area (Å²) in [6.45, 7) is 0. The molecule has 2 aliphatic rings. The minimum absolute atomic E-state index is 0.0147. The van der Waals surface area contributed by atoms with Gasteiger partial charge in [0.1, 0.15) is 11.5 Å². The lowest BCUT2D eigenvalue weighted by Gasteiger charge is -2.19. The lowest BCUT2D eigenvalue weighted by Crippen LogP contribution is -2.36. The Labute approximate surface area is 155 Å². The Morgan fingerprint density at radius 1 is 1.23 bits per heavy atom. The highest BCUT2D eigenvalue weighted by Crippen LogP contribution is 2.41. The smallest absolute Gasteiger partial charge is 0.229 e. The third-order valence-electron chi connectivity index (χ3n) is 4.85. The average molecular weight is 394 g/mol. The number of hydrogen-bond acceptors (Lipinski definition) is 7. The molecular weight excluding hydrogens is 376 g/mol. The number of aromatic nitrogens is 1. The zero-order chi connectivity index (χ0) is 18.5. The van der Waals surface area contributed by atoms with E-state index in [-0.39, 0.29) is 35.8 Å². The Morgan fingerprint density at radius 2 is 2.04 bits per heavy atom. The van der Waals surface area contributed by atoms with Crippen molar-refractivity contribution in [3.05, 3.63) is 23.6 Å². The van der Waals surface area contributed by atoms with Crippen LogP contribution in [0, 0.1) is 5.92 Å². The standard InChI is InChI=1S/C17H18N2O5S2/c1-23-11-3-4-15(24-2)12(6-11)13-7-25-17(18-13)19-14-9-26(21,22)8-10(14)5-16(19)20/h3-4,6-7,10,14H,5,8-9H2,1-2H3/t10-,14-/m1/s1. The van der Waals surface area contributed by atoms with Crippen LogP contribution in [0.1, 0.15) is 6.42 Å². The SMILES string of the molecule is COc1ccc(OC)c(-c2csc(N3C(=O)C[C@@H]4CS(=O)(=O)C[C@H]43)n2)c1. The van der Waals surface area contributed by atoms with E-state index < -0.39 is 9.84 Å². The summed E-state index contributed by atoms with van der Waals surface area (Å²) in [5, 5.41) is 2.37. The number of methoxy groups -OCH3 is 2. The summed E-state index contributed by atoms with van der Waals surface area (Å²) in [4.78, 5) is 18.6. The van der Waals surface area contributed by atoms with Crippen LogP contribution in [-0.4, -0.2) is 51.1 Å². The largest absolute Gasteiger partial charge is 0.497 e. The highest BCUT2D eigenvalue weighted by atomic mass is 32.2. The second-order valence-electron chi connectivity index (χ2n) is 6.45. The van der Waals surface area contributed by atoms with Crippen LogP contribution in [0.5, 0.6) is 11.5 Å². The summed E-state index contributed by atoms with van der Waals surface area (Å²) >= 11 is 1.33. The maximum absolute atomic E-state index is 12.4. The monoisotopic (exact) mass is 394 g/mol. The van der Waals surface area contributed by atoms with E-state index in [9.17, 15) is 13.2 Å². The van der Waals surface area contributed by atoms with E-state index in [4.69, 9.17) is 9.47 Å². The molecule has 2 aliphatic heterocycles. The van der Waals surface area contributed by atoms with Gasteiger partial charge in [0, 0.05) is 23.3 Å². The molecule has 1 aromatic carbocycles. The molecule has 0 aliphatic carbocycles. The molecule has 0 unspecified atom stereocenters. The molecule has 7 nitrogen and oxygen atoms in total. The fraction of sp³-hybridized carbons (Fsp3) is 0.412. The fourth-order valence-electron chi connectivity index (χ4n) is 3.65. The molecule has 4 rings (SSSR count). The topological polar surface area (TPSA) is 85.8 Å². The second-order valence-corrected chi connectivity index (χ2v) is 9.44. The first-order valence-corrected chi connectivity index (χ1v) is 10.8. The first-order chi connectivity index (χ1) is 12.4. The zero-order valence-corrected chi connectivity index (χ0v) is 16.0. The molecule has 0 N–H and O–H groups in total. The summed E-state index contributed by atoms with van der Waals surface area (Å²) < 4.78 is 34.5. The Bertz CT molecular complexity index is 969. The summed E-state index contributed by atoms with van der Waals surface area (Å²) in [5.74, 6) is 1.23. The molecule has 1 aromatic heterocycles. The van der Waals surface area contributed by atoms with Crippen LogP contribution in [0.2, 0.25) is 0 Å². The van der Waals surface area contributed by atoms with E-state index in [0.717, 1.165) is 5.56 Å². The number of benzene rings is 1. The summed E-state index contributed by atoms with van der Waals surface area (Å²) in [5.41, 5.74) is 1.43. The van der Waals surface area contributed by atoms with Crippen molar-refractivity contribution in [1.29, 1.82) is 0 Å². The van der Waals surface area contributed by atoms with Crippen LogP contribution in [-0.2, 0) is 14.6 Å². The lowest BCUT2D eigenvalue weighted by atomic mass is 10.1. The fourth-order valence-corrected chi connectivity index (χ4v) is 6.62. The van der Waals surface area contributed by atoms with Gasteiger partial charge in [0.2, 0.25) is 5.91 Å². The lowest BCUT2D eigenvalue weighted by molar-refractivity contribution is -0.117. The number of sulfone groups is 1. The number of carbonyl (C=O) groups is 1. The Kier molecular flexibility index (Phi) is 4.15. The number of thiazole rings is 1. The van der Waals surface area contributed by atoms with Crippen molar-refractivity contribution in [2.75, 3.05) is 30.6 Å². The summed E-state index contributed by atoms with van der Waals surface area (Å²) in [6, 6.07) is 5.12. The highest BCUT2D eigenvalue weighted by molar-refractivity contribution is 7.91. The summed E-state index contributed by atoms with van der Waals surface area (Å²) in [6.07, 6.45) is 0.265. The van der Waals surface area contributed by atoms with Crippen molar-refractivity contribution in [2.45, 2.75) is 12.5 Å². The molecule has 3 heterocycles. The molecule has 0 spiro atoms. The van der Waals surface area contributed by atoms with Gasteiger partial charge in [0.15, 0.2) is 15.0 Å². The van der Waals surface area contributed by atoms with Gasteiger partial charge in [-0.1, -0.05) is 0 Å². The second kappa shape index (κ2) is 6.24. The van der Waals surface area contributed by atoms with Crippen molar-refractivity contribution in [2.24, 2.45) is 5.92 Å². The van der Waals surface area contributed by atoms with Gasteiger partial charge in [0.05, 0.1) is 37.5 Å². The minimum atomic E-state index is -3.09. The molecule has 9 heteroatoms. The quantitative estimate of drug-likeness (QED) is 0.788. The van der Waals surface area contributed by atoms with Crippen LogP contribution in [0.25, 0.3) is 11.3 Å². The van der Waals surface area contributed by atoms with E-state index in [1.807, 2.05) is 11.4 Å². The molecule has 0 saturated carbocycles. The van der Waals surface area contributed by atoms with Crippen molar-refractivity contribution >= 4 is 32.2 Å². The molecular formula is C17H18N2O5S2. The third-order valence-corrected chi connectivity index (χ3v) is 7.48. The predicted octanol–water partition coefficient (Wildman–Crippen LogP) is 1.98. The molecule has 1 amide bonds. The van der Waals surface area contributed by atoms with Gasteiger partial charge < -0.3 is 9.47 Å². The van der Waals surface area contributed by atoms with Crippen molar-refractivity contribution < 1.29 is 22.7 Å². The molecule has 2 atom stereocenters. The zero-order valence-electron chi connectivity index (χ0n) is 14.3. The number of hydrogen-bond donors (Lipinski definition) is 0. The van der Waals surface area contributed by atoms with E-state index in [1.54, 1.807) is 31.3 Å². The van der Waals surface area contributed by atoms with E-state index >= 15 is 0 Å². The Morgan fingerprint density at radius 3 is 2.77 bits per heavy atom. The predicted molar refractivity (Wildman–Crippen MR) is 98.7 cm³/mol. The maximum atomic E-state index is 12.4. The van der Waals surface area contributed by atoms with Crippen LogP contribution in [0.3, 0.4) is 0 Å². The van der Waals surface area contributed by atoms with Crippen LogP contribution in [0.15, 0.2) is 23.6 Å². The molecule has 138 valence electrons. The maximum Gasteiger partial charge on any atom is 0.229 e. The van der Waals surface area contributed by atoms with Gasteiger partial charge in [-0.2, -0.15) is 0 Å². The third kappa shape index (κ3) is 2.84. The van der Waals surface area contributed by atoms with Gasteiger partial charge in [-0.3, -0.25) is 9.69 Å². The Balaban J connectivity index is 1.70. The minimum Gasteiger partial charge on any atom is -0.497 e. The van der Waals surface area contributed by atoms with Gasteiger partial charge in [0.25, 0.3) is 0 Å². The van der Waals surface area contributed by atoms with Crippen molar-refractivity contribution in [3.63, 3.8) is 0 Å².